The van der Waals surface area contributed by atoms with Gasteiger partial charge in [-0.15, -0.1) is 0 Å². The molecular formula is C15H17ClN4O2S. The summed E-state index contributed by atoms with van der Waals surface area (Å²) in [6.45, 7) is 3.83. The molecule has 0 unspecified atom stereocenters. The first-order valence-electron chi connectivity index (χ1n) is 6.83. The van der Waals surface area contributed by atoms with E-state index in [2.05, 4.69) is 21.1 Å². The topological polar surface area (TPSA) is 94.9 Å². The minimum atomic E-state index is -3.32. The number of anilines is 1. The predicted molar refractivity (Wildman–Crippen MR) is 92.0 cm³/mol. The van der Waals surface area contributed by atoms with Gasteiger partial charge >= 0.3 is 0 Å². The molecule has 1 heterocycles. The number of aromatic nitrogens is 1. The normalized spacial score (nSPS) is 12.1. The molecule has 0 atom stereocenters. The molecule has 1 aromatic heterocycles. The van der Waals surface area contributed by atoms with Crippen molar-refractivity contribution in [3.63, 3.8) is 0 Å². The number of rotatable bonds is 5. The fraction of sp³-hybridized carbons (Fsp3) is 0.333. The number of pyridine rings is 1. The Morgan fingerprint density at radius 2 is 2.04 bits per heavy atom. The molecule has 2 rings (SSSR count). The number of halogens is 1. The number of benzene rings is 1. The van der Waals surface area contributed by atoms with Crippen LogP contribution in [0.15, 0.2) is 24.3 Å². The highest BCUT2D eigenvalue weighted by Gasteiger charge is 2.22. The van der Waals surface area contributed by atoms with E-state index in [-0.39, 0.29) is 0 Å². The molecule has 2 aromatic rings. The summed E-state index contributed by atoms with van der Waals surface area (Å²) in [6, 6.07) is 8.88. The smallest absolute Gasteiger partial charge is 0.209 e. The summed E-state index contributed by atoms with van der Waals surface area (Å²) in [7, 11) is -3.32. The van der Waals surface area contributed by atoms with Crippen molar-refractivity contribution < 1.29 is 8.42 Å². The van der Waals surface area contributed by atoms with Crippen LogP contribution in [-0.2, 0) is 10.0 Å². The second-order valence-electron chi connectivity index (χ2n) is 5.94. The molecule has 0 spiro atoms. The minimum Gasteiger partial charge on any atom is -0.368 e. The standard InChI is InChI=1S/C15H17ClN4O2S/c1-15(2,20-23(3,21)22)9-18-14-6-10(8-17)12-7-11(16)4-5-13(12)19-14/h4-7,20H,9H2,1-3H3,(H,18,19). The van der Waals surface area contributed by atoms with Gasteiger partial charge in [0.1, 0.15) is 5.82 Å². The maximum absolute atomic E-state index is 11.4. The molecule has 8 heteroatoms. The maximum atomic E-state index is 11.4. The van der Waals surface area contributed by atoms with E-state index in [1.165, 1.54) is 0 Å². The van der Waals surface area contributed by atoms with Crippen LogP contribution in [0.2, 0.25) is 5.02 Å². The van der Waals surface area contributed by atoms with Crippen LogP contribution in [0, 0.1) is 11.3 Å². The van der Waals surface area contributed by atoms with Crippen LogP contribution in [0.1, 0.15) is 19.4 Å². The maximum Gasteiger partial charge on any atom is 0.209 e. The van der Waals surface area contributed by atoms with Crippen molar-refractivity contribution in [1.29, 1.82) is 5.26 Å². The van der Waals surface area contributed by atoms with Gasteiger partial charge in [0.2, 0.25) is 10.0 Å². The zero-order chi connectivity index (χ0) is 17.3. The number of nitrogens with one attached hydrogen (secondary N) is 2. The average Bonchev–Trinajstić information content (AvgIpc) is 2.42. The Morgan fingerprint density at radius 3 is 2.65 bits per heavy atom. The molecule has 2 N–H and O–H groups in total. The molecule has 0 fully saturated rings. The zero-order valence-electron chi connectivity index (χ0n) is 13.0. The third kappa shape index (κ3) is 4.79. The van der Waals surface area contributed by atoms with E-state index in [1.54, 1.807) is 38.1 Å². The largest absolute Gasteiger partial charge is 0.368 e. The van der Waals surface area contributed by atoms with Gasteiger partial charge in [0.05, 0.1) is 23.4 Å². The average molecular weight is 353 g/mol. The molecule has 1 aromatic carbocycles. The quantitative estimate of drug-likeness (QED) is 0.862. The second kappa shape index (κ2) is 6.32. The van der Waals surface area contributed by atoms with Crippen LogP contribution in [0.3, 0.4) is 0 Å². The molecule has 23 heavy (non-hydrogen) atoms. The first-order valence-corrected chi connectivity index (χ1v) is 9.10. The van der Waals surface area contributed by atoms with Crippen molar-refractivity contribution in [3.05, 3.63) is 34.9 Å². The first-order chi connectivity index (χ1) is 10.6. The SMILES string of the molecule is CC(C)(CNc1cc(C#N)c2cc(Cl)ccc2n1)NS(C)(=O)=O. The zero-order valence-corrected chi connectivity index (χ0v) is 14.6. The molecule has 0 aliphatic rings. The van der Waals surface area contributed by atoms with E-state index < -0.39 is 15.6 Å². The van der Waals surface area contributed by atoms with Crippen molar-refractivity contribution in [2.45, 2.75) is 19.4 Å². The fourth-order valence-corrected chi connectivity index (χ4v) is 3.48. The Hall–Kier alpha value is -1.88. The van der Waals surface area contributed by atoms with E-state index in [0.717, 1.165) is 6.26 Å². The molecule has 0 aliphatic carbocycles. The number of fused-ring (bicyclic) bond motifs is 1. The highest BCUT2D eigenvalue weighted by atomic mass is 35.5. The van der Waals surface area contributed by atoms with Gasteiger partial charge in [-0.1, -0.05) is 11.6 Å². The summed E-state index contributed by atoms with van der Waals surface area (Å²) in [5.74, 6) is 0.500. The molecule has 122 valence electrons. The van der Waals surface area contributed by atoms with Crippen LogP contribution >= 0.6 is 11.6 Å². The van der Waals surface area contributed by atoms with Crippen LogP contribution in [-0.4, -0.2) is 31.7 Å². The van der Waals surface area contributed by atoms with Gasteiger partial charge in [-0.25, -0.2) is 18.1 Å². The van der Waals surface area contributed by atoms with Crippen LogP contribution in [0.25, 0.3) is 10.9 Å². The lowest BCUT2D eigenvalue weighted by molar-refractivity contribution is 0.476. The number of nitrogens with zero attached hydrogens (tertiary/aromatic N) is 2. The number of sulfonamides is 1. The van der Waals surface area contributed by atoms with Gasteiger partial charge in [-0.2, -0.15) is 5.26 Å². The molecule has 0 radical (unpaired) electrons. The van der Waals surface area contributed by atoms with Crippen molar-refractivity contribution in [2.24, 2.45) is 0 Å². The molecular weight excluding hydrogens is 336 g/mol. The highest BCUT2D eigenvalue weighted by Crippen LogP contribution is 2.24. The Morgan fingerprint density at radius 1 is 1.35 bits per heavy atom. The van der Waals surface area contributed by atoms with Gasteiger partial charge < -0.3 is 5.32 Å². The lowest BCUT2D eigenvalue weighted by Gasteiger charge is -2.25. The monoisotopic (exact) mass is 352 g/mol. The van der Waals surface area contributed by atoms with Crippen molar-refractivity contribution in [2.75, 3.05) is 18.1 Å². The second-order valence-corrected chi connectivity index (χ2v) is 8.12. The lowest BCUT2D eigenvalue weighted by atomic mass is 10.1. The molecule has 0 amide bonds. The summed E-state index contributed by atoms with van der Waals surface area (Å²) in [4.78, 5) is 4.43. The van der Waals surface area contributed by atoms with E-state index in [9.17, 15) is 13.7 Å². The Balaban J connectivity index is 2.28. The summed E-state index contributed by atoms with van der Waals surface area (Å²) < 4.78 is 25.2. The molecule has 0 aliphatic heterocycles. The van der Waals surface area contributed by atoms with Gasteiger partial charge in [-0.05, 0) is 38.1 Å². The van der Waals surface area contributed by atoms with Crippen molar-refractivity contribution in [3.8, 4) is 6.07 Å². The van der Waals surface area contributed by atoms with E-state index >= 15 is 0 Å². The molecule has 0 bridgehead atoms. The van der Waals surface area contributed by atoms with Gasteiger partial charge in [0, 0.05) is 22.5 Å². The number of hydrogen-bond donors (Lipinski definition) is 2. The lowest BCUT2D eigenvalue weighted by Crippen LogP contribution is -2.47. The van der Waals surface area contributed by atoms with Gasteiger partial charge in [0.25, 0.3) is 0 Å². The molecule has 6 nitrogen and oxygen atoms in total. The van der Waals surface area contributed by atoms with Crippen LogP contribution in [0.5, 0.6) is 0 Å². The summed E-state index contributed by atoms with van der Waals surface area (Å²) >= 11 is 5.95. The fourth-order valence-electron chi connectivity index (χ4n) is 2.23. The number of hydrogen-bond acceptors (Lipinski definition) is 5. The number of nitriles is 1. The van der Waals surface area contributed by atoms with E-state index in [0.29, 0.717) is 33.9 Å². The van der Waals surface area contributed by atoms with Crippen molar-refractivity contribution in [1.82, 2.24) is 9.71 Å². The van der Waals surface area contributed by atoms with Gasteiger partial charge in [-0.3, -0.25) is 0 Å². The van der Waals surface area contributed by atoms with Crippen molar-refractivity contribution >= 4 is 38.3 Å². The molecule has 0 saturated heterocycles. The first kappa shape index (κ1) is 17.5. The molecule has 0 saturated carbocycles. The Kier molecular flexibility index (Phi) is 4.80. The third-order valence-corrected chi connectivity index (χ3v) is 4.22. The van der Waals surface area contributed by atoms with Crippen LogP contribution < -0.4 is 10.0 Å². The van der Waals surface area contributed by atoms with Gasteiger partial charge in [0.15, 0.2) is 0 Å². The highest BCUT2D eigenvalue weighted by molar-refractivity contribution is 7.88. The Bertz CT molecular complexity index is 888. The predicted octanol–water partition coefficient (Wildman–Crippen LogP) is 2.50. The summed E-state index contributed by atoms with van der Waals surface area (Å²) in [6.07, 6.45) is 1.11. The summed E-state index contributed by atoms with van der Waals surface area (Å²) in [5, 5.41) is 13.6. The van der Waals surface area contributed by atoms with E-state index in [4.69, 9.17) is 11.6 Å². The summed E-state index contributed by atoms with van der Waals surface area (Å²) in [5.41, 5.74) is 0.399. The van der Waals surface area contributed by atoms with E-state index in [1.807, 2.05) is 0 Å². The minimum absolute atomic E-state index is 0.317. The third-order valence-electron chi connectivity index (χ3n) is 3.06. The Labute approximate surface area is 140 Å². The van der Waals surface area contributed by atoms with Crippen LogP contribution in [0.4, 0.5) is 5.82 Å².